The SMILES string of the molecule is O=C(C(=O)N1CCN(CC2CC2)CC1)N1CCNCC1. The van der Waals surface area contributed by atoms with Crippen LogP contribution in [-0.2, 0) is 9.59 Å². The van der Waals surface area contributed by atoms with E-state index in [1.165, 1.54) is 19.4 Å². The van der Waals surface area contributed by atoms with Gasteiger partial charge in [0.25, 0.3) is 0 Å². The van der Waals surface area contributed by atoms with Gasteiger partial charge in [-0.3, -0.25) is 14.5 Å². The number of nitrogens with one attached hydrogen (secondary N) is 1. The quantitative estimate of drug-likeness (QED) is 0.657. The van der Waals surface area contributed by atoms with E-state index < -0.39 is 0 Å². The van der Waals surface area contributed by atoms with Crippen LogP contribution in [0.4, 0.5) is 0 Å². The largest absolute Gasteiger partial charge is 0.332 e. The molecule has 3 rings (SSSR count). The second-order valence-electron chi connectivity index (χ2n) is 6.08. The molecule has 1 N–H and O–H groups in total. The molecule has 0 aromatic rings. The first-order valence-electron chi connectivity index (χ1n) is 7.75. The maximum Gasteiger partial charge on any atom is 0.312 e. The van der Waals surface area contributed by atoms with E-state index in [9.17, 15) is 9.59 Å². The van der Waals surface area contributed by atoms with Crippen LogP contribution in [0.5, 0.6) is 0 Å². The normalized spacial score (nSPS) is 24.8. The summed E-state index contributed by atoms with van der Waals surface area (Å²) in [5.41, 5.74) is 0. The maximum absolute atomic E-state index is 12.2. The van der Waals surface area contributed by atoms with Crippen molar-refractivity contribution in [3.05, 3.63) is 0 Å². The highest BCUT2D eigenvalue weighted by atomic mass is 16.2. The Kier molecular flexibility index (Phi) is 4.21. The third kappa shape index (κ3) is 3.30. The first-order chi connectivity index (χ1) is 9.74. The van der Waals surface area contributed by atoms with Crippen molar-refractivity contribution in [1.29, 1.82) is 0 Å². The maximum atomic E-state index is 12.2. The predicted octanol–water partition coefficient (Wildman–Crippen LogP) is -1.03. The summed E-state index contributed by atoms with van der Waals surface area (Å²) in [5.74, 6) is 0.264. The van der Waals surface area contributed by atoms with Gasteiger partial charge in [-0.25, -0.2) is 0 Å². The van der Waals surface area contributed by atoms with E-state index in [1.54, 1.807) is 9.80 Å². The molecule has 2 saturated heterocycles. The van der Waals surface area contributed by atoms with E-state index in [0.717, 1.165) is 32.1 Å². The number of hydrogen-bond donors (Lipinski definition) is 1. The molecule has 3 aliphatic rings. The van der Waals surface area contributed by atoms with Crippen LogP contribution in [0, 0.1) is 5.92 Å². The highest BCUT2D eigenvalue weighted by molar-refractivity contribution is 6.34. The number of nitrogens with zero attached hydrogens (tertiary/aromatic N) is 3. The Hall–Kier alpha value is -1.14. The van der Waals surface area contributed by atoms with Crippen molar-refractivity contribution < 1.29 is 9.59 Å². The van der Waals surface area contributed by atoms with Gasteiger partial charge >= 0.3 is 11.8 Å². The molecule has 0 spiro atoms. The molecule has 1 aliphatic carbocycles. The van der Waals surface area contributed by atoms with Crippen LogP contribution in [0.2, 0.25) is 0 Å². The monoisotopic (exact) mass is 280 g/mol. The van der Waals surface area contributed by atoms with Crippen LogP contribution in [0.25, 0.3) is 0 Å². The molecule has 0 unspecified atom stereocenters. The average molecular weight is 280 g/mol. The highest BCUT2D eigenvalue weighted by Crippen LogP contribution is 2.29. The molecular formula is C14H24N4O2. The van der Waals surface area contributed by atoms with E-state index in [2.05, 4.69) is 10.2 Å². The Morgan fingerprint density at radius 1 is 0.850 bits per heavy atom. The number of amides is 2. The highest BCUT2D eigenvalue weighted by Gasteiger charge is 2.31. The molecule has 2 amide bonds. The lowest BCUT2D eigenvalue weighted by Gasteiger charge is -2.36. The van der Waals surface area contributed by atoms with Gasteiger partial charge in [-0.1, -0.05) is 0 Å². The van der Waals surface area contributed by atoms with Crippen molar-refractivity contribution in [3.63, 3.8) is 0 Å². The van der Waals surface area contributed by atoms with E-state index in [0.29, 0.717) is 26.2 Å². The van der Waals surface area contributed by atoms with Crippen molar-refractivity contribution in [2.24, 2.45) is 5.92 Å². The predicted molar refractivity (Wildman–Crippen MR) is 75.2 cm³/mol. The van der Waals surface area contributed by atoms with Crippen LogP contribution >= 0.6 is 0 Å². The van der Waals surface area contributed by atoms with Gasteiger partial charge in [0, 0.05) is 58.9 Å². The first-order valence-corrected chi connectivity index (χ1v) is 7.75. The molecule has 0 atom stereocenters. The fourth-order valence-corrected chi connectivity index (χ4v) is 2.94. The lowest BCUT2D eigenvalue weighted by molar-refractivity contribution is -0.153. The minimum Gasteiger partial charge on any atom is -0.332 e. The smallest absolute Gasteiger partial charge is 0.312 e. The van der Waals surface area contributed by atoms with Crippen molar-refractivity contribution in [2.45, 2.75) is 12.8 Å². The van der Waals surface area contributed by atoms with Crippen LogP contribution in [0.3, 0.4) is 0 Å². The van der Waals surface area contributed by atoms with Crippen molar-refractivity contribution in [3.8, 4) is 0 Å². The van der Waals surface area contributed by atoms with Crippen molar-refractivity contribution in [2.75, 3.05) is 58.9 Å². The summed E-state index contributed by atoms with van der Waals surface area (Å²) in [4.78, 5) is 30.2. The van der Waals surface area contributed by atoms with Crippen LogP contribution in [-0.4, -0.2) is 85.4 Å². The summed E-state index contributed by atoms with van der Waals surface area (Å²) in [5, 5.41) is 3.19. The molecule has 2 aliphatic heterocycles. The van der Waals surface area contributed by atoms with Crippen LogP contribution < -0.4 is 5.32 Å². The third-order valence-electron chi connectivity index (χ3n) is 4.46. The van der Waals surface area contributed by atoms with Gasteiger partial charge in [0.1, 0.15) is 0 Å². The molecule has 1 saturated carbocycles. The lowest BCUT2D eigenvalue weighted by Crippen LogP contribution is -2.56. The number of hydrogen-bond acceptors (Lipinski definition) is 4. The molecule has 112 valence electrons. The van der Waals surface area contributed by atoms with E-state index in [4.69, 9.17) is 0 Å². The molecule has 0 aromatic heterocycles. The zero-order valence-electron chi connectivity index (χ0n) is 12.0. The second kappa shape index (κ2) is 6.10. The van der Waals surface area contributed by atoms with Crippen LogP contribution in [0.15, 0.2) is 0 Å². The van der Waals surface area contributed by atoms with Gasteiger partial charge in [-0.15, -0.1) is 0 Å². The average Bonchev–Trinajstić information content (AvgIpc) is 3.31. The number of carbonyl (C=O) groups is 2. The minimum absolute atomic E-state index is 0.307. The van der Waals surface area contributed by atoms with Gasteiger partial charge in [-0.2, -0.15) is 0 Å². The zero-order valence-corrected chi connectivity index (χ0v) is 12.0. The summed E-state index contributed by atoms with van der Waals surface area (Å²) < 4.78 is 0. The Bertz CT molecular complexity index is 369. The van der Waals surface area contributed by atoms with Crippen molar-refractivity contribution >= 4 is 11.8 Å². The first kappa shape index (κ1) is 13.8. The van der Waals surface area contributed by atoms with Gasteiger partial charge in [0.2, 0.25) is 0 Å². The Morgan fingerprint density at radius 3 is 1.95 bits per heavy atom. The summed E-state index contributed by atoms with van der Waals surface area (Å²) in [6, 6.07) is 0. The van der Waals surface area contributed by atoms with Gasteiger partial charge in [0.15, 0.2) is 0 Å². The number of carbonyl (C=O) groups excluding carboxylic acids is 2. The third-order valence-corrected chi connectivity index (χ3v) is 4.46. The van der Waals surface area contributed by atoms with E-state index in [1.807, 2.05) is 0 Å². The molecular weight excluding hydrogens is 256 g/mol. The second-order valence-corrected chi connectivity index (χ2v) is 6.08. The van der Waals surface area contributed by atoms with Gasteiger partial charge < -0.3 is 15.1 Å². The summed E-state index contributed by atoms with van der Waals surface area (Å²) >= 11 is 0. The molecule has 2 heterocycles. The zero-order chi connectivity index (χ0) is 13.9. The minimum atomic E-state index is -0.317. The molecule has 0 radical (unpaired) electrons. The number of piperazine rings is 2. The summed E-state index contributed by atoms with van der Waals surface area (Å²) in [6.45, 7) is 7.26. The lowest BCUT2D eigenvalue weighted by atomic mass is 10.2. The van der Waals surface area contributed by atoms with Gasteiger partial charge in [0.05, 0.1) is 0 Å². The van der Waals surface area contributed by atoms with Crippen molar-refractivity contribution in [1.82, 2.24) is 20.0 Å². The molecule has 6 nitrogen and oxygen atoms in total. The van der Waals surface area contributed by atoms with Gasteiger partial charge in [-0.05, 0) is 18.8 Å². The topological polar surface area (TPSA) is 55.9 Å². The Balaban J connectivity index is 1.46. The van der Waals surface area contributed by atoms with E-state index in [-0.39, 0.29) is 11.8 Å². The fourth-order valence-electron chi connectivity index (χ4n) is 2.94. The van der Waals surface area contributed by atoms with E-state index >= 15 is 0 Å². The molecule has 6 heteroatoms. The van der Waals surface area contributed by atoms with Crippen LogP contribution in [0.1, 0.15) is 12.8 Å². The number of rotatable bonds is 2. The summed E-state index contributed by atoms with van der Waals surface area (Å²) in [7, 11) is 0. The standard InChI is InChI=1S/C14H24N4O2/c19-13(17-5-3-15-4-6-17)14(20)18-9-7-16(8-10-18)11-12-1-2-12/h12,15H,1-11H2. The summed E-state index contributed by atoms with van der Waals surface area (Å²) in [6.07, 6.45) is 2.72. The Morgan fingerprint density at radius 2 is 1.40 bits per heavy atom. The molecule has 20 heavy (non-hydrogen) atoms. The fraction of sp³-hybridized carbons (Fsp3) is 0.857. The molecule has 0 bridgehead atoms. The molecule has 3 fully saturated rings. The Labute approximate surface area is 120 Å². The molecule has 0 aromatic carbocycles.